The molecule has 1 fully saturated rings. The first-order chi connectivity index (χ1) is 14.0. The first-order valence-electron chi connectivity index (χ1n) is 10.6. The number of rotatable bonds is 7. The number of likely N-dealkylation sites (tertiary alicyclic amines) is 1. The van der Waals surface area contributed by atoms with Crippen LogP contribution in [-0.2, 0) is 16.0 Å². The highest BCUT2D eigenvalue weighted by Crippen LogP contribution is 2.34. The quantitative estimate of drug-likeness (QED) is 0.728. The number of carbonyl (C=O) groups is 2. The Morgan fingerprint density at radius 3 is 2.79 bits per heavy atom. The van der Waals surface area contributed by atoms with Crippen molar-refractivity contribution < 1.29 is 14.3 Å². The van der Waals surface area contributed by atoms with E-state index in [4.69, 9.17) is 4.74 Å². The maximum absolute atomic E-state index is 12.9. The summed E-state index contributed by atoms with van der Waals surface area (Å²) in [5.41, 5.74) is 1.08. The van der Waals surface area contributed by atoms with Crippen molar-refractivity contribution >= 4 is 33.2 Å². The average molecular weight is 417 g/mol. The summed E-state index contributed by atoms with van der Waals surface area (Å²) >= 11 is 1.56. The highest BCUT2D eigenvalue weighted by molar-refractivity contribution is 7.21. The minimum absolute atomic E-state index is 0.0120. The van der Waals surface area contributed by atoms with Gasteiger partial charge in [-0.1, -0.05) is 31.0 Å². The van der Waals surface area contributed by atoms with Crippen LogP contribution >= 0.6 is 11.3 Å². The van der Waals surface area contributed by atoms with Gasteiger partial charge < -0.3 is 15.0 Å². The minimum atomic E-state index is -0.0120. The van der Waals surface area contributed by atoms with Crippen LogP contribution in [-0.4, -0.2) is 49.1 Å². The summed E-state index contributed by atoms with van der Waals surface area (Å²) in [7, 11) is 1.63. The molecule has 0 bridgehead atoms. The number of ether oxygens (including phenoxy) is 1. The Morgan fingerprint density at radius 1 is 1.24 bits per heavy atom. The molecule has 1 atom stereocenters. The molecule has 158 valence electrons. The highest BCUT2D eigenvalue weighted by Gasteiger charge is 2.28. The van der Waals surface area contributed by atoms with Crippen molar-refractivity contribution in [2.75, 3.05) is 20.3 Å². The smallest absolute Gasteiger partial charge is 0.261 e. The summed E-state index contributed by atoms with van der Waals surface area (Å²) in [6.07, 6.45) is 5.43. The van der Waals surface area contributed by atoms with E-state index in [-0.39, 0.29) is 23.9 Å². The van der Waals surface area contributed by atoms with Crippen molar-refractivity contribution in [3.63, 3.8) is 0 Å². The molecule has 3 rings (SSSR count). The fourth-order valence-electron chi connectivity index (χ4n) is 4.10. The lowest BCUT2D eigenvalue weighted by Crippen LogP contribution is -2.42. The first kappa shape index (κ1) is 21.8. The first-order valence-corrected chi connectivity index (χ1v) is 11.4. The van der Waals surface area contributed by atoms with Gasteiger partial charge in [-0.3, -0.25) is 9.59 Å². The van der Waals surface area contributed by atoms with Gasteiger partial charge in [-0.2, -0.15) is 0 Å². The number of nitrogens with zero attached hydrogens (tertiary/aromatic N) is 1. The van der Waals surface area contributed by atoms with Crippen molar-refractivity contribution in [3.05, 3.63) is 34.7 Å². The van der Waals surface area contributed by atoms with Gasteiger partial charge in [-0.05, 0) is 50.1 Å². The van der Waals surface area contributed by atoms with Gasteiger partial charge in [-0.15, -0.1) is 11.3 Å². The van der Waals surface area contributed by atoms with E-state index in [1.54, 1.807) is 18.4 Å². The Bertz CT molecular complexity index is 846. The van der Waals surface area contributed by atoms with Gasteiger partial charge in [0, 0.05) is 30.4 Å². The molecule has 2 aromatic rings. The van der Waals surface area contributed by atoms with Crippen LogP contribution in [0.15, 0.2) is 24.3 Å². The summed E-state index contributed by atoms with van der Waals surface area (Å²) in [6, 6.07) is 8.43. The Morgan fingerprint density at radius 2 is 2.03 bits per heavy atom. The largest absolute Gasteiger partial charge is 0.384 e. The van der Waals surface area contributed by atoms with Crippen LogP contribution < -0.4 is 5.32 Å². The third-order valence-electron chi connectivity index (χ3n) is 5.48. The molecule has 1 saturated heterocycles. The van der Waals surface area contributed by atoms with Crippen LogP contribution in [0.4, 0.5) is 0 Å². The Hall–Kier alpha value is -1.92. The molecule has 0 spiro atoms. The molecule has 6 heteroatoms. The van der Waals surface area contributed by atoms with Gasteiger partial charge in [0.1, 0.15) is 0 Å². The number of benzene rings is 1. The lowest BCUT2D eigenvalue weighted by Gasteiger charge is -2.30. The van der Waals surface area contributed by atoms with Crippen LogP contribution in [0.3, 0.4) is 0 Å². The Labute approximate surface area is 177 Å². The highest BCUT2D eigenvalue weighted by atomic mass is 32.1. The van der Waals surface area contributed by atoms with E-state index in [0.717, 1.165) is 59.2 Å². The standard InChI is InChI=1S/C23H32N2O3S/c1-16(2)24-23(27)22-19(18-10-6-7-11-20(18)29-22)15-17-9-5-4-8-13-25(17)21(26)12-14-28-3/h6-7,10-11,16-17H,4-5,8-9,12-15H2,1-3H3,(H,24,27)/t17-/m0/s1. The van der Waals surface area contributed by atoms with Gasteiger partial charge in [0.15, 0.2) is 0 Å². The number of thiophene rings is 1. The molecular formula is C23H32N2O3S. The van der Waals surface area contributed by atoms with E-state index < -0.39 is 0 Å². The Kier molecular flexibility index (Phi) is 7.67. The molecule has 1 aliphatic rings. The van der Waals surface area contributed by atoms with E-state index >= 15 is 0 Å². The second-order valence-corrected chi connectivity index (χ2v) is 9.12. The molecule has 1 N–H and O–H groups in total. The number of hydrogen-bond donors (Lipinski definition) is 1. The zero-order valence-corrected chi connectivity index (χ0v) is 18.5. The molecule has 0 saturated carbocycles. The summed E-state index contributed by atoms with van der Waals surface area (Å²) in [6.45, 7) is 5.20. The average Bonchev–Trinajstić information content (AvgIpc) is 2.89. The molecule has 5 nitrogen and oxygen atoms in total. The Balaban J connectivity index is 1.93. The van der Waals surface area contributed by atoms with Crippen molar-refractivity contribution in [2.24, 2.45) is 0 Å². The molecule has 0 aliphatic carbocycles. The van der Waals surface area contributed by atoms with Crippen molar-refractivity contribution in [3.8, 4) is 0 Å². The summed E-state index contributed by atoms with van der Waals surface area (Å²) in [4.78, 5) is 28.6. The molecule has 0 radical (unpaired) electrons. The number of carbonyl (C=O) groups excluding carboxylic acids is 2. The summed E-state index contributed by atoms with van der Waals surface area (Å²) < 4.78 is 6.25. The van der Waals surface area contributed by atoms with E-state index in [1.165, 1.54) is 0 Å². The van der Waals surface area contributed by atoms with E-state index in [2.05, 4.69) is 17.4 Å². The molecule has 2 heterocycles. The van der Waals surface area contributed by atoms with Gasteiger partial charge in [0.25, 0.3) is 5.91 Å². The number of nitrogens with one attached hydrogen (secondary N) is 1. The monoisotopic (exact) mass is 416 g/mol. The molecule has 29 heavy (non-hydrogen) atoms. The molecule has 0 unspecified atom stereocenters. The molecular weight excluding hydrogens is 384 g/mol. The molecule has 1 aliphatic heterocycles. The second-order valence-electron chi connectivity index (χ2n) is 8.07. The molecule has 1 aromatic heterocycles. The molecule has 2 amide bonds. The minimum Gasteiger partial charge on any atom is -0.384 e. The zero-order valence-electron chi connectivity index (χ0n) is 17.7. The number of fused-ring (bicyclic) bond motifs is 1. The van der Waals surface area contributed by atoms with Crippen molar-refractivity contribution in [1.29, 1.82) is 0 Å². The fourth-order valence-corrected chi connectivity index (χ4v) is 5.23. The molecule has 1 aromatic carbocycles. The van der Waals surface area contributed by atoms with Crippen LogP contribution in [0.1, 0.15) is 61.2 Å². The van der Waals surface area contributed by atoms with Gasteiger partial charge >= 0.3 is 0 Å². The number of amides is 2. The van der Waals surface area contributed by atoms with Crippen LogP contribution in [0, 0.1) is 0 Å². The predicted octanol–water partition coefficient (Wildman–Crippen LogP) is 4.39. The van der Waals surface area contributed by atoms with Crippen LogP contribution in [0.5, 0.6) is 0 Å². The SMILES string of the molecule is COCCC(=O)N1CCCCC[C@H]1Cc1c(C(=O)NC(C)C)sc2ccccc12. The van der Waals surface area contributed by atoms with Gasteiger partial charge in [-0.25, -0.2) is 0 Å². The third kappa shape index (κ3) is 5.37. The second kappa shape index (κ2) is 10.2. The third-order valence-corrected chi connectivity index (χ3v) is 6.69. The van der Waals surface area contributed by atoms with Crippen LogP contribution in [0.2, 0.25) is 0 Å². The summed E-state index contributed by atoms with van der Waals surface area (Å²) in [5, 5.41) is 4.19. The normalized spacial score (nSPS) is 17.5. The predicted molar refractivity (Wildman–Crippen MR) is 119 cm³/mol. The van der Waals surface area contributed by atoms with Gasteiger partial charge in [0.2, 0.25) is 5.91 Å². The van der Waals surface area contributed by atoms with E-state index in [9.17, 15) is 9.59 Å². The van der Waals surface area contributed by atoms with E-state index in [1.807, 2.05) is 30.9 Å². The summed E-state index contributed by atoms with van der Waals surface area (Å²) in [5.74, 6) is 0.147. The lowest BCUT2D eigenvalue weighted by molar-refractivity contribution is -0.134. The van der Waals surface area contributed by atoms with Crippen molar-refractivity contribution in [1.82, 2.24) is 10.2 Å². The van der Waals surface area contributed by atoms with Gasteiger partial charge in [0.05, 0.1) is 17.9 Å². The maximum Gasteiger partial charge on any atom is 0.261 e. The topological polar surface area (TPSA) is 58.6 Å². The van der Waals surface area contributed by atoms with Crippen molar-refractivity contribution in [2.45, 2.75) is 64.5 Å². The lowest BCUT2D eigenvalue weighted by atomic mass is 9.97. The number of methoxy groups -OCH3 is 1. The number of hydrogen-bond acceptors (Lipinski definition) is 4. The van der Waals surface area contributed by atoms with E-state index in [0.29, 0.717) is 13.0 Å². The van der Waals surface area contributed by atoms with Crippen LogP contribution in [0.25, 0.3) is 10.1 Å². The maximum atomic E-state index is 12.9. The fraction of sp³-hybridized carbons (Fsp3) is 0.565. The zero-order chi connectivity index (χ0) is 20.8.